The van der Waals surface area contributed by atoms with Gasteiger partial charge < -0.3 is 15.7 Å². The fraction of sp³-hybridized carbons (Fsp3) is 0.280. The summed E-state index contributed by atoms with van der Waals surface area (Å²) < 4.78 is 0. The summed E-state index contributed by atoms with van der Waals surface area (Å²) >= 11 is 0. The highest BCUT2D eigenvalue weighted by Crippen LogP contribution is 2.28. The van der Waals surface area contributed by atoms with Crippen molar-refractivity contribution in [1.29, 1.82) is 0 Å². The number of nitrogens with zero attached hydrogens (tertiary/aromatic N) is 1. The molecule has 3 aromatic rings. The van der Waals surface area contributed by atoms with Crippen molar-refractivity contribution in [3.63, 3.8) is 0 Å². The predicted molar refractivity (Wildman–Crippen MR) is 127 cm³/mol. The number of benzene rings is 2. The van der Waals surface area contributed by atoms with Crippen LogP contribution < -0.4 is 16.0 Å². The van der Waals surface area contributed by atoms with E-state index in [-0.39, 0.29) is 11.6 Å². The van der Waals surface area contributed by atoms with Gasteiger partial charge in [-0.15, -0.1) is 0 Å². The molecule has 8 heteroatoms. The Balaban J connectivity index is 1.54. The molecule has 0 bridgehead atoms. The number of hydrogen-bond donors (Lipinski definition) is 4. The second kappa shape index (κ2) is 10.1. The van der Waals surface area contributed by atoms with Crippen LogP contribution in [0.3, 0.4) is 0 Å². The number of aromatic nitrogens is 1. The van der Waals surface area contributed by atoms with Gasteiger partial charge in [-0.05, 0) is 48.4 Å². The van der Waals surface area contributed by atoms with Crippen LogP contribution in [0.15, 0.2) is 54.7 Å². The lowest BCUT2D eigenvalue weighted by molar-refractivity contribution is 0.0939. The van der Waals surface area contributed by atoms with Crippen LogP contribution in [-0.2, 0) is 0 Å². The molecule has 4 N–H and O–H groups in total. The Bertz CT molecular complexity index is 1190. The van der Waals surface area contributed by atoms with Gasteiger partial charge in [0.25, 0.3) is 11.8 Å². The average molecular weight is 447 g/mol. The van der Waals surface area contributed by atoms with Crippen molar-refractivity contribution >= 4 is 40.1 Å². The molecule has 170 valence electrons. The molecule has 1 aliphatic carbocycles. The number of nitrogens with one attached hydrogen (secondary N) is 3. The molecule has 0 atom stereocenters. The Labute approximate surface area is 191 Å². The molecule has 1 fully saturated rings. The third-order valence-corrected chi connectivity index (χ3v) is 5.96. The van der Waals surface area contributed by atoms with E-state index < -0.39 is 12.0 Å². The van der Waals surface area contributed by atoms with E-state index in [1.807, 2.05) is 0 Å². The molecular formula is C25H26N4O4. The number of carbonyl (C=O) groups excluding carboxylic acids is 2. The molecule has 3 amide bonds. The lowest BCUT2D eigenvalue weighted by Crippen LogP contribution is -2.31. The van der Waals surface area contributed by atoms with E-state index in [2.05, 4.69) is 20.9 Å². The summed E-state index contributed by atoms with van der Waals surface area (Å²) in [5.74, 6) is -0.251. The van der Waals surface area contributed by atoms with Crippen molar-refractivity contribution in [1.82, 2.24) is 10.3 Å². The summed E-state index contributed by atoms with van der Waals surface area (Å²) in [5, 5.41) is 18.4. The van der Waals surface area contributed by atoms with Crippen LogP contribution in [0.4, 0.5) is 16.2 Å². The molecule has 4 rings (SSSR count). The molecule has 33 heavy (non-hydrogen) atoms. The Morgan fingerprint density at radius 2 is 1.61 bits per heavy atom. The Morgan fingerprint density at radius 3 is 2.36 bits per heavy atom. The van der Waals surface area contributed by atoms with Crippen LogP contribution >= 0.6 is 0 Å². The van der Waals surface area contributed by atoms with Gasteiger partial charge in [-0.2, -0.15) is 0 Å². The highest BCUT2D eigenvalue weighted by atomic mass is 16.4. The standard InChI is InChI=1S/C25H26N4O4/c30-23(19-12-13-20(29-25(32)33)18-10-5-4-9-17(18)19)28-21-11-6-14-26-22(21)24(31)27-15-16-7-2-1-3-8-16/h4-6,9-14,16,29H,1-3,7-8,15H2,(H,27,31)(H,28,30)(H,32,33). The van der Waals surface area contributed by atoms with Crippen molar-refractivity contribution in [2.24, 2.45) is 5.92 Å². The summed E-state index contributed by atoms with van der Waals surface area (Å²) in [6, 6.07) is 13.4. The fourth-order valence-electron chi connectivity index (χ4n) is 4.31. The van der Waals surface area contributed by atoms with Gasteiger partial charge >= 0.3 is 6.09 Å². The van der Waals surface area contributed by atoms with Crippen LogP contribution in [0.1, 0.15) is 53.0 Å². The van der Waals surface area contributed by atoms with Gasteiger partial charge in [-0.1, -0.05) is 43.5 Å². The first kappa shape index (κ1) is 22.3. The van der Waals surface area contributed by atoms with Crippen LogP contribution in [0, 0.1) is 5.92 Å². The molecule has 1 saturated carbocycles. The van der Waals surface area contributed by atoms with Gasteiger partial charge in [0.1, 0.15) is 0 Å². The normalized spacial score (nSPS) is 13.9. The zero-order valence-corrected chi connectivity index (χ0v) is 18.1. The van der Waals surface area contributed by atoms with Crippen molar-refractivity contribution in [3.8, 4) is 0 Å². The number of hydrogen-bond acceptors (Lipinski definition) is 4. The first-order chi connectivity index (χ1) is 16.0. The van der Waals surface area contributed by atoms with E-state index in [4.69, 9.17) is 5.11 Å². The van der Waals surface area contributed by atoms with E-state index in [0.29, 0.717) is 40.2 Å². The fourth-order valence-corrected chi connectivity index (χ4v) is 4.31. The van der Waals surface area contributed by atoms with Crippen molar-refractivity contribution in [2.75, 3.05) is 17.2 Å². The Kier molecular flexibility index (Phi) is 6.83. The van der Waals surface area contributed by atoms with Crippen LogP contribution in [0.5, 0.6) is 0 Å². The van der Waals surface area contributed by atoms with Crippen LogP contribution in [-0.4, -0.2) is 34.5 Å². The van der Waals surface area contributed by atoms with Crippen molar-refractivity contribution < 1.29 is 19.5 Å². The number of amides is 3. The first-order valence-electron chi connectivity index (χ1n) is 11.1. The van der Waals surface area contributed by atoms with Crippen molar-refractivity contribution in [3.05, 3.63) is 66.0 Å². The minimum Gasteiger partial charge on any atom is -0.465 e. The molecule has 0 aliphatic heterocycles. The molecule has 1 aromatic heterocycles. The van der Waals surface area contributed by atoms with Crippen molar-refractivity contribution in [2.45, 2.75) is 32.1 Å². The van der Waals surface area contributed by atoms with E-state index in [0.717, 1.165) is 12.8 Å². The molecule has 1 aliphatic rings. The Morgan fingerprint density at radius 1 is 0.848 bits per heavy atom. The molecule has 0 unspecified atom stereocenters. The van der Waals surface area contributed by atoms with Crippen LogP contribution in [0.25, 0.3) is 10.8 Å². The van der Waals surface area contributed by atoms with E-state index in [1.165, 1.54) is 25.5 Å². The molecular weight excluding hydrogens is 420 g/mol. The van der Waals surface area contributed by atoms with Crippen LogP contribution in [0.2, 0.25) is 0 Å². The van der Waals surface area contributed by atoms with Gasteiger partial charge in [-0.25, -0.2) is 9.78 Å². The molecule has 8 nitrogen and oxygen atoms in total. The second-order valence-corrected chi connectivity index (χ2v) is 8.20. The van der Waals surface area contributed by atoms with Gasteiger partial charge in [0, 0.05) is 23.7 Å². The highest BCUT2D eigenvalue weighted by molar-refractivity contribution is 6.16. The maximum absolute atomic E-state index is 13.1. The molecule has 2 aromatic carbocycles. The zero-order valence-electron chi connectivity index (χ0n) is 18.1. The lowest BCUT2D eigenvalue weighted by Gasteiger charge is -2.21. The predicted octanol–water partition coefficient (Wildman–Crippen LogP) is 4.89. The molecule has 0 radical (unpaired) electrons. The maximum atomic E-state index is 13.1. The van der Waals surface area contributed by atoms with Gasteiger partial charge in [0.15, 0.2) is 5.69 Å². The average Bonchev–Trinajstić information content (AvgIpc) is 2.83. The first-order valence-corrected chi connectivity index (χ1v) is 11.1. The minimum absolute atomic E-state index is 0.162. The maximum Gasteiger partial charge on any atom is 0.409 e. The largest absolute Gasteiger partial charge is 0.465 e. The summed E-state index contributed by atoms with van der Waals surface area (Å²) in [6.45, 7) is 0.603. The summed E-state index contributed by atoms with van der Waals surface area (Å²) in [7, 11) is 0. The number of pyridine rings is 1. The number of fused-ring (bicyclic) bond motifs is 1. The number of anilines is 2. The molecule has 1 heterocycles. The SMILES string of the molecule is O=C(O)Nc1ccc(C(=O)Nc2cccnc2C(=O)NCC2CCCCC2)c2ccccc12. The van der Waals surface area contributed by atoms with Gasteiger partial charge in [0.2, 0.25) is 0 Å². The highest BCUT2D eigenvalue weighted by Gasteiger charge is 2.20. The third kappa shape index (κ3) is 5.28. The van der Waals surface area contributed by atoms with E-state index >= 15 is 0 Å². The van der Waals surface area contributed by atoms with Gasteiger partial charge in [0.05, 0.1) is 11.4 Å². The topological polar surface area (TPSA) is 120 Å². The monoisotopic (exact) mass is 446 g/mol. The molecule has 0 spiro atoms. The summed E-state index contributed by atoms with van der Waals surface area (Å²) in [6.07, 6.45) is 6.21. The van der Waals surface area contributed by atoms with E-state index in [1.54, 1.807) is 48.5 Å². The molecule has 0 saturated heterocycles. The number of carboxylic acid groups (broad SMARTS) is 1. The lowest BCUT2D eigenvalue weighted by atomic mass is 9.89. The Hall–Kier alpha value is -3.94. The van der Waals surface area contributed by atoms with Gasteiger partial charge in [-0.3, -0.25) is 14.9 Å². The minimum atomic E-state index is -1.18. The zero-order chi connectivity index (χ0) is 23.2. The smallest absolute Gasteiger partial charge is 0.409 e. The number of carbonyl (C=O) groups is 3. The third-order valence-electron chi connectivity index (χ3n) is 5.96. The summed E-state index contributed by atoms with van der Waals surface area (Å²) in [5.41, 5.74) is 1.23. The number of rotatable bonds is 6. The summed E-state index contributed by atoms with van der Waals surface area (Å²) in [4.78, 5) is 41.2. The van der Waals surface area contributed by atoms with E-state index in [9.17, 15) is 14.4 Å². The second-order valence-electron chi connectivity index (χ2n) is 8.20. The quantitative estimate of drug-likeness (QED) is 0.430.